The molecule has 4 heteroatoms. The Kier molecular flexibility index (Phi) is 5.22. The Balaban J connectivity index is 2.27. The van der Waals surface area contributed by atoms with E-state index >= 15 is 0 Å². The topological polar surface area (TPSA) is 49.8 Å². The summed E-state index contributed by atoms with van der Waals surface area (Å²) in [5.41, 5.74) is -0.658. The van der Waals surface area contributed by atoms with E-state index < -0.39 is 5.60 Å². The van der Waals surface area contributed by atoms with Crippen molar-refractivity contribution in [2.45, 2.75) is 44.6 Å². The zero-order valence-electron chi connectivity index (χ0n) is 10.4. The summed E-state index contributed by atoms with van der Waals surface area (Å²) in [6, 6.07) is 0. The molecule has 0 unspecified atom stereocenters. The van der Waals surface area contributed by atoms with E-state index in [2.05, 4.69) is 0 Å². The molecule has 0 aromatic rings. The van der Waals surface area contributed by atoms with Crippen molar-refractivity contribution in [1.29, 1.82) is 0 Å². The van der Waals surface area contributed by atoms with Crippen molar-refractivity contribution in [1.82, 2.24) is 4.90 Å². The van der Waals surface area contributed by atoms with Gasteiger partial charge in [-0.2, -0.15) is 0 Å². The maximum atomic E-state index is 11.6. The smallest absolute Gasteiger partial charge is 0.248 e. The van der Waals surface area contributed by atoms with Crippen molar-refractivity contribution in [3.63, 3.8) is 0 Å². The SMILES string of the molecule is CCCOCC(=O)N(C)CC1(O)CCCC1. The van der Waals surface area contributed by atoms with E-state index in [1.807, 2.05) is 6.92 Å². The van der Waals surface area contributed by atoms with Gasteiger partial charge in [-0.1, -0.05) is 19.8 Å². The van der Waals surface area contributed by atoms with Gasteiger partial charge in [0.15, 0.2) is 0 Å². The molecule has 1 aliphatic carbocycles. The summed E-state index contributed by atoms with van der Waals surface area (Å²) in [6.45, 7) is 3.18. The first-order valence-electron chi connectivity index (χ1n) is 6.11. The molecule has 0 saturated heterocycles. The maximum absolute atomic E-state index is 11.6. The quantitative estimate of drug-likeness (QED) is 0.696. The number of carbonyl (C=O) groups is 1. The lowest BCUT2D eigenvalue weighted by Crippen LogP contribution is -2.43. The molecule has 1 aliphatic rings. The van der Waals surface area contributed by atoms with E-state index in [0.29, 0.717) is 13.2 Å². The molecule has 1 amide bonds. The van der Waals surface area contributed by atoms with Crippen molar-refractivity contribution in [2.75, 3.05) is 26.8 Å². The Morgan fingerprint density at radius 1 is 1.44 bits per heavy atom. The molecule has 0 bridgehead atoms. The summed E-state index contributed by atoms with van der Waals surface area (Å²) in [5, 5.41) is 10.1. The second-order valence-corrected chi connectivity index (χ2v) is 4.73. The summed E-state index contributed by atoms with van der Waals surface area (Å²) in [7, 11) is 1.73. The van der Waals surface area contributed by atoms with Crippen molar-refractivity contribution in [3.05, 3.63) is 0 Å². The third-order valence-corrected chi connectivity index (χ3v) is 3.07. The van der Waals surface area contributed by atoms with Crippen LogP contribution in [0.2, 0.25) is 0 Å². The van der Waals surface area contributed by atoms with E-state index in [9.17, 15) is 9.90 Å². The van der Waals surface area contributed by atoms with E-state index in [1.54, 1.807) is 11.9 Å². The fraction of sp³-hybridized carbons (Fsp3) is 0.917. The molecule has 4 nitrogen and oxygen atoms in total. The first-order chi connectivity index (χ1) is 7.57. The summed E-state index contributed by atoms with van der Waals surface area (Å²) < 4.78 is 5.19. The minimum absolute atomic E-state index is 0.0474. The normalized spacial score (nSPS) is 18.7. The van der Waals surface area contributed by atoms with Crippen molar-refractivity contribution < 1.29 is 14.6 Å². The molecular formula is C12H23NO3. The number of aliphatic hydroxyl groups is 1. The van der Waals surface area contributed by atoms with Crippen LogP contribution in [0.4, 0.5) is 0 Å². The van der Waals surface area contributed by atoms with Gasteiger partial charge in [0.2, 0.25) is 5.91 Å². The average molecular weight is 229 g/mol. The third-order valence-electron chi connectivity index (χ3n) is 3.07. The molecule has 0 aromatic heterocycles. The van der Waals surface area contributed by atoms with E-state index in [4.69, 9.17) is 4.74 Å². The fourth-order valence-electron chi connectivity index (χ4n) is 2.13. The first kappa shape index (κ1) is 13.5. The Bertz CT molecular complexity index is 224. The number of hydrogen-bond acceptors (Lipinski definition) is 3. The van der Waals surface area contributed by atoms with Crippen molar-refractivity contribution in [2.24, 2.45) is 0 Å². The Morgan fingerprint density at radius 3 is 2.62 bits per heavy atom. The highest BCUT2D eigenvalue weighted by Crippen LogP contribution is 2.29. The predicted octanol–water partition coefficient (Wildman–Crippen LogP) is 1.18. The van der Waals surface area contributed by atoms with Crippen LogP contribution in [0.5, 0.6) is 0 Å². The average Bonchev–Trinajstić information content (AvgIpc) is 2.65. The van der Waals surface area contributed by atoms with E-state index in [-0.39, 0.29) is 12.5 Å². The minimum atomic E-state index is -0.658. The molecule has 1 N–H and O–H groups in total. The molecule has 1 fully saturated rings. The molecule has 0 radical (unpaired) electrons. The van der Waals surface area contributed by atoms with Crippen LogP contribution >= 0.6 is 0 Å². The van der Waals surface area contributed by atoms with Crippen molar-refractivity contribution in [3.8, 4) is 0 Å². The lowest BCUT2D eigenvalue weighted by Gasteiger charge is -2.28. The lowest BCUT2D eigenvalue weighted by atomic mass is 10.0. The largest absolute Gasteiger partial charge is 0.388 e. The molecule has 1 rings (SSSR count). The molecule has 94 valence electrons. The molecular weight excluding hydrogens is 206 g/mol. The van der Waals surface area contributed by atoms with E-state index in [0.717, 1.165) is 32.1 Å². The second kappa shape index (κ2) is 6.21. The first-order valence-corrected chi connectivity index (χ1v) is 6.11. The number of rotatable bonds is 6. The van der Waals surface area contributed by atoms with Crippen LogP contribution in [-0.4, -0.2) is 48.3 Å². The van der Waals surface area contributed by atoms with E-state index in [1.165, 1.54) is 0 Å². The van der Waals surface area contributed by atoms with Gasteiger partial charge in [0.1, 0.15) is 6.61 Å². The van der Waals surface area contributed by atoms with Crippen LogP contribution in [0.1, 0.15) is 39.0 Å². The summed E-state index contributed by atoms with van der Waals surface area (Å²) in [5.74, 6) is -0.0474. The highest BCUT2D eigenvalue weighted by atomic mass is 16.5. The monoisotopic (exact) mass is 229 g/mol. The van der Waals surface area contributed by atoms with Gasteiger partial charge in [0, 0.05) is 20.2 Å². The molecule has 0 heterocycles. The van der Waals surface area contributed by atoms with Gasteiger partial charge in [-0.05, 0) is 19.3 Å². The Labute approximate surface area is 97.6 Å². The number of ether oxygens (including phenoxy) is 1. The zero-order valence-corrected chi connectivity index (χ0v) is 10.4. The number of amides is 1. The van der Waals surface area contributed by atoms with Gasteiger partial charge in [0.25, 0.3) is 0 Å². The second-order valence-electron chi connectivity index (χ2n) is 4.73. The van der Waals surface area contributed by atoms with Gasteiger partial charge >= 0.3 is 0 Å². The van der Waals surface area contributed by atoms with Crippen LogP contribution in [0.3, 0.4) is 0 Å². The Morgan fingerprint density at radius 2 is 2.06 bits per heavy atom. The molecule has 16 heavy (non-hydrogen) atoms. The van der Waals surface area contributed by atoms with Crippen LogP contribution < -0.4 is 0 Å². The van der Waals surface area contributed by atoms with Crippen molar-refractivity contribution >= 4 is 5.91 Å². The maximum Gasteiger partial charge on any atom is 0.248 e. The Hall–Kier alpha value is -0.610. The number of likely N-dealkylation sites (N-methyl/N-ethyl adjacent to an activating group) is 1. The summed E-state index contributed by atoms with van der Waals surface area (Å²) >= 11 is 0. The van der Waals surface area contributed by atoms with Gasteiger partial charge in [0.05, 0.1) is 5.60 Å². The summed E-state index contributed by atoms with van der Waals surface area (Å²) in [6.07, 6.45) is 4.65. The molecule has 0 atom stereocenters. The van der Waals surface area contributed by atoms with Crippen LogP contribution in [-0.2, 0) is 9.53 Å². The summed E-state index contributed by atoms with van der Waals surface area (Å²) in [4.78, 5) is 13.2. The molecule has 0 aliphatic heterocycles. The van der Waals surface area contributed by atoms with Crippen LogP contribution in [0.15, 0.2) is 0 Å². The highest BCUT2D eigenvalue weighted by molar-refractivity contribution is 5.77. The van der Waals surface area contributed by atoms with Crippen LogP contribution in [0, 0.1) is 0 Å². The third kappa shape index (κ3) is 4.10. The minimum Gasteiger partial charge on any atom is -0.388 e. The van der Waals surface area contributed by atoms with Gasteiger partial charge in [-0.25, -0.2) is 0 Å². The lowest BCUT2D eigenvalue weighted by molar-refractivity contribution is -0.138. The number of hydrogen-bond donors (Lipinski definition) is 1. The molecule has 0 spiro atoms. The standard InChI is InChI=1S/C12H23NO3/c1-3-8-16-9-11(14)13(2)10-12(15)6-4-5-7-12/h15H,3-10H2,1-2H3. The van der Waals surface area contributed by atoms with Crippen LogP contribution in [0.25, 0.3) is 0 Å². The zero-order chi connectivity index (χ0) is 12.0. The molecule has 1 saturated carbocycles. The predicted molar refractivity (Wildman–Crippen MR) is 62.2 cm³/mol. The van der Waals surface area contributed by atoms with Gasteiger partial charge in [-0.15, -0.1) is 0 Å². The van der Waals surface area contributed by atoms with Gasteiger partial charge in [-0.3, -0.25) is 4.79 Å². The fourth-order valence-corrected chi connectivity index (χ4v) is 2.13. The van der Waals surface area contributed by atoms with Gasteiger partial charge < -0.3 is 14.7 Å². The number of carbonyl (C=O) groups excluding carboxylic acids is 1. The highest BCUT2D eigenvalue weighted by Gasteiger charge is 2.33. The number of nitrogens with zero attached hydrogens (tertiary/aromatic N) is 1. The molecule has 0 aromatic carbocycles.